The van der Waals surface area contributed by atoms with Gasteiger partial charge in [0, 0.05) is 16.8 Å². The van der Waals surface area contributed by atoms with Crippen molar-refractivity contribution in [3.05, 3.63) is 45.6 Å². The number of amides is 1. The highest BCUT2D eigenvalue weighted by atomic mass is 35.5. The van der Waals surface area contributed by atoms with Gasteiger partial charge < -0.3 is 10.1 Å². The molecule has 0 saturated carbocycles. The third-order valence-electron chi connectivity index (χ3n) is 3.63. The van der Waals surface area contributed by atoms with Crippen molar-refractivity contribution >= 4 is 35.0 Å². The minimum atomic E-state index is -4.69. The van der Waals surface area contributed by atoms with Gasteiger partial charge in [0.15, 0.2) is 0 Å². The molecule has 0 aliphatic carbocycles. The van der Waals surface area contributed by atoms with Gasteiger partial charge in [0.1, 0.15) is 16.8 Å². The minimum absolute atomic E-state index is 0.101. The van der Waals surface area contributed by atoms with Gasteiger partial charge in [-0.3, -0.25) is 4.79 Å². The molecule has 2 aromatic rings. The Morgan fingerprint density at radius 2 is 2.04 bits per heavy atom. The smallest absolute Gasteiger partial charge is 0.417 e. The first kappa shape index (κ1) is 21.9. The van der Waals surface area contributed by atoms with E-state index in [1.54, 1.807) is 19.1 Å². The summed E-state index contributed by atoms with van der Waals surface area (Å²) in [6.07, 6.45) is -4.69. The number of halogens is 4. The zero-order valence-corrected chi connectivity index (χ0v) is 16.6. The Bertz CT molecular complexity index is 959. The maximum absolute atomic E-state index is 13.1. The highest BCUT2D eigenvalue weighted by molar-refractivity contribution is 8.00. The van der Waals surface area contributed by atoms with Gasteiger partial charge in [-0.25, -0.2) is 4.98 Å². The molecule has 28 heavy (non-hydrogen) atoms. The molecule has 1 heterocycles. The molecule has 1 aromatic heterocycles. The molecule has 0 saturated heterocycles. The van der Waals surface area contributed by atoms with E-state index >= 15 is 0 Å². The largest absolute Gasteiger partial charge is 0.495 e. The summed E-state index contributed by atoms with van der Waals surface area (Å²) in [6.45, 7) is 3.14. The lowest BCUT2D eigenvalue weighted by atomic mass is 10.1. The first-order chi connectivity index (χ1) is 13.1. The highest BCUT2D eigenvalue weighted by Crippen LogP contribution is 2.36. The fraction of sp³-hybridized carbons (Fsp3) is 0.278. The van der Waals surface area contributed by atoms with Gasteiger partial charge in [-0.15, -0.1) is 0 Å². The normalized spacial score (nSPS) is 11.1. The number of methoxy groups -OCH3 is 1. The van der Waals surface area contributed by atoms with Crippen LogP contribution in [0.5, 0.6) is 5.75 Å². The molecule has 0 spiro atoms. The SMILES string of the molecule is COc1cc(Cl)c(C)cc1NC(=O)CSc1nc(C)cc(C(F)(F)F)c1C#N. The third-order valence-corrected chi connectivity index (χ3v) is 5.01. The molecule has 0 atom stereocenters. The molecule has 1 N–H and O–H groups in total. The van der Waals surface area contributed by atoms with E-state index in [0.717, 1.165) is 17.8 Å². The summed E-state index contributed by atoms with van der Waals surface area (Å²) in [6, 6.07) is 5.51. The fourth-order valence-corrected chi connectivity index (χ4v) is 3.33. The lowest BCUT2D eigenvalue weighted by Gasteiger charge is -2.14. The number of nitriles is 1. The number of nitrogens with one attached hydrogen (secondary N) is 1. The number of aromatic nitrogens is 1. The van der Waals surface area contributed by atoms with Crippen LogP contribution >= 0.6 is 23.4 Å². The number of carbonyl (C=O) groups excluding carboxylic acids is 1. The number of rotatable bonds is 5. The molecule has 0 aliphatic rings. The predicted molar refractivity (Wildman–Crippen MR) is 101 cm³/mol. The second-order valence-electron chi connectivity index (χ2n) is 5.74. The van der Waals surface area contributed by atoms with E-state index in [9.17, 15) is 18.0 Å². The lowest BCUT2D eigenvalue weighted by Crippen LogP contribution is -2.16. The van der Waals surface area contributed by atoms with Crippen LogP contribution in [0, 0.1) is 25.2 Å². The van der Waals surface area contributed by atoms with E-state index in [4.69, 9.17) is 21.6 Å². The standard InChI is InChI=1S/C18H15ClF3N3O2S/c1-9-4-14(15(27-3)6-13(9)19)25-16(26)8-28-17-11(7-23)12(18(20,21)22)5-10(2)24-17/h4-6H,8H2,1-3H3,(H,25,26). The Hall–Kier alpha value is -2.44. The van der Waals surface area contributed by atoms with Crippen molar-refractivity contribution in [2.24, 2.45) is 0 Å². The Kier molecular flexibility index (Phi) is 6.80. The van der Waals surface area contributed by atoms with Crippen molar-refractivity contribution in [1.82, 2.24) is 4.98 Å². The van der Waals surface area contributed by atoms with Gasteiger partial charge in [-0.05, 0) is 31.5 Å². The average molecular weight is 430 g/mol. The number of benzene rings is 1. The number of aryl methyl sites for hydroxylation is 2. The molecular formula is C18H15ClF3N3O2S. The number of pyridine rings is 1. The van der Waals surface area contributed by atoms with E-state index in [2.05, 4.69) is 10.3 Å². The first-order valence-corrected chi connectivity index (χ1v) is 9.19. The molecular weight excluding hydrogens is 415 g/mol. The molecule has 148 valence electrons. The second-order valence-corrected chi connectivity index (χ2v) is 7.11. The summed E-state index contributed by atoms with van der Waals surface area (Å²) >= 11 is 6.77. The number of ether oxygens (including phenoxy) is 1. The Morgan fingerprint density at radius 1 is 1.36 bits per heavy atom. The zero-order valence-electron chi connectivity index (χ0n) is 15.1. The summed E-state index contributed by atoms with van der Waals surface area (Å²) < 4.78 is 44.6. The van der Waals surface area contributed by atoms with Crippen LogP contribution in [0.2, 0.25) is 5.02 Å². The van der Waals surface area contributed by atoms with Gasteiger partial charge >= 0.3 is 6.18 Å². The maximum atomic E-state index is 13.1. The highest BCUT2D eigenvalue weighted by Gasteiger charge is 2.35. The zero-order chi connectivity index (χ0) is 21.1. The molecule has 1 amide bonds. The van der Waals surface area contributed by atoms with Gasteiger partial charge in [0.25, 0.3) is 0 Å². The maximum Gasteiger partial charge on any atom is 0.417 e. The lowest BCUT2D eigenvalue weighted by molar-refractivity contribution is -0.138. The van der Waals surface area contributed by atoms with Crippen molar-refractivity contribution in [2.75, 3.05) is 18.2 Å². The Balaban J connectivity index is 2.21. The van der Waals surface area contributed by atoms with Crippen LogP contribution in [-0.4, -0.2) is 23.8 Å². The molecule has 0 radical (unpaired) electrons. The quantitative estimate of drug-likeness (QED) is 0.678. The van der Waals surface area contributed by atoms with Crippen molar-refractivity contribution < 1.29 is 22.7 Å². The van der Waals surface area contributed by atoms with E-state index in [1.165, 1.54) is 20.1 Å². The van der Waals surface area contributed by atoms with E-state index in [-0.39, 0.29) is 16.5 Å². The number of nitrogens with zero attached hydrogens (tertiary/aromatic N) is 2. The fourth-order valence-electron chi connectivity index (χ4n) is 2.33. The monoisotopic (exact) mass is 429 g/mol. The average Bonchev–Trinajstić information content (AvgIpc) is 2.61. The predicted octanol–water partition coefficient (Wildman–Crippen LogP) is 4.98. The summed E-state index contributed by atoms with van der Waals surface area (Å²) in [4.78, 5) is 16.2. The molecule has 5 nitrogen and oxygen atoms in total. The molecule has 0 bridgehead atoms. The van der Waals surface area contributed by atoms with Crippen molar-refractivity contribution in [3.8, 4) is 11.8 Å². The number of alkyl halides is 3. The minimum Gasteiger partial charge on any atom is -0.495 e. The van der Waals surface area contributed by atoms with E-state index in [0.29, 0.717) is 22.0 Å². The number of thioether (sulfide) groups is 1. The molecule has 2 rings (SSSR count). The van der Waals surface area contributed by atoms with Crippen LogP contribution in [0.1, 0.15) is 22.4 Å². The second kappa shape index (κ2) is 8.71. The number of anilines is 1. The first-order valence-electron chi connectivity index (χ1n) is 7.82. The molecule has 0 unspecified atom stereocenters. The third kappa shape index (κ3) is 5.09. The molecule has 0 fully saturated rings. The summed E-state index contributed by atoms with van der Waals surface area (Å²) in [7, 11) is 1.42. The Morgan fingerprint density at radius 3 is 2.61 bits per heavy atom. The van der Waals surface area contributed by atoms with Crippen LogP contribution in [-0.2, 0) is 11.0 Å². The summed E-state index contributed by atoms with van der Waals surface area (Å²) in [5, 5.41) is 12.1. The Labute approximate surface area is 168 Å². The van der Waals surface area contributed by atoms with Gasteiger partial charge in [-0.1, -0.05) is 23.4 Å². The number of hydrogen-bond acceptors (Lipinski definition) is 5. The van der Waals surface area contributed by atoms with Crippen LogP contribution in [0.25, 0.3) is 0 Å². The molecule has 0 aliphatic heterocycles. The van der Waals surface area contributed by atoms with Crippen molar-refractivity contribution in [2.45, 2.75) is 25.0 Å². The molecule has 1 aromatic carbocycles. The van der Waals surface area contributed by atoms with Crippen LogP contribution in [0.3, 0.4) is 0 Å². The summed E-state index contributed by atoms with van der Waals surface area (Å²) in [5.41, 5.74) is -0.475. The van der Waals surface area contributed by atoms with E-state index in [1.807, 2.05) is 0 Å². The summed E-state index contributed by atoms with van der Waals surface area (Å²) in [5.74, 6) is -0.391. The van der Waals surface area contributed by atoms with Crippen LogP contribution in [0.15, 0.2) is 23.2 Å². The van der Waals surface area contributed by atoms with Gasteiger partial charge in [0.2, 0.25) is 5.91 Å². The van der Waals surface area contributed by atoms with Crippen molar-refractivity contribution in [1.29, 1.82) is 5.26 Å². The van der Waals surface area contributed by atoms with E-state index < -0.39 is 23.2 Å². The van der Waals surface area contributed by atoms with Gasteiger partial charge in [0.05, 0.1) is 29.7 Å². The number of hydrogen-bond donors (Lipinski definition) is 1. The van der Waals surface area contributed by atoms with Crippen LogP contribution < -0.4 is 10.1 Å². The van der Waals surface area contributed by atoms with Crippen LogP contribution in [0.4, 0.5) is 18.9 Å². The van der Waals surface area contributed by atoms with Crippen molar-refractivity contribution in [3.63, 3.8) is 0 Å². The molecule has 10 heteroatoms. The van der Waals surface area contributed by atoms with Gasteiger partial charge in [-0.2, -0.15) is 18.4 Å². The number of carbonyl (C=O) groups is 1. The topological polar surface area (TPSA) is 75.0 Å².